The molecule has 358 valence electrons. The lowest BCUT2D eigenvalue weighted by Crippen LogP contribution is -2.79. The minimum atomic E-state index is -3.33. The van der Waals surface area contributed by atoms with Crippen LogP contribution in [0.4, 0.5) is 0 Å². The first-order valence-corrected chi connectivity index (χ1v) is 29.8. The zero-order valence-electron chi connectivity index (χ0n) is 41.4. The molecule has 4 aromatic heterocycles. The van der Waals surface area contributed by atoms with E-state index in [4.69, 9.17) is 19.9 Å². The number of fused-ring (bicyclic) bond motifs is 6. The molecule has 0 aliphatic heterocycles. The van der Waals surface area contributed by atoms with Crippen LogP contribution < -0.4 is 41.8 Å². The van der Waals surface area contributed by atoms with Crippen LogP contribution >= 0.6 is 0 Å². The summed E-state index contributed by atoms with van der Waals surface area (Å²) >= 11 is 0. The summed E-state index contributed by atoms with van der Waals surface area (Å²) in [5, 5.41) is 13.8. The molecule has 10 aromatic carbocycles. The maximum Gasteiger partial charge on any atom is 0.240 e. The van der Waals surface area contributed by atoms with Crippen LogP contribution in [0.5, 0.6) is 0 Å². The predicted octanol–water partition coefficient (Wildman–Crippen LogP) is 9.88. The van der Waals surface area contributed by atoms with Crippen LogP contribution in [-0.2, 0) is 0 Å². The molecule has 8 heteroatoms. The highest BCUT2D eigenvalue weighted by atomic mass is 28.3. The molecule has 0 radical (unpaired) electrons. The highest BCUT2D eigenvalue weighted by Crippen LogP contribution is 2.34. The Morgan fingerprint density at radius 2 is 0.474 bits per heavy atom. The maximum atomic E-state index is 6.31. The van der Waals surface area contributed by atoms with Gasteiger partial charge in [-0.1, -0.05) is 255 Å². The predicted molar refractivity (Wildman–Crippen MR) is 319 cm³/mol. The van der Waals surface area contributed by atoms with E-state index in [1.165, 1.54) is 31.1 Å². The van der Waals surface area contributed by atoms with Gasteiger partial charge in [0.25, 0.3) is 0 Å². The van der Waals surface area contributed by atoms with E-state index in [1.54, 1.807) is 0 Å². The average molecular weight is 1010 g/mol. The number of nitrogens with zero attached hydrogens (tertiary/aromatic N) is 6. The SMILES string of the molecule is c1ccc([Si](c2ccccc2)(c2ccccc2)c2cc(-c3nc(-n4c5ccccc5c5ccccc54)nc(-n4c5ccccc5c5ccccc54)n3)cc([Si](c3ccccc3)(c3ccccc3)c3ccccc3)n2)cc1. The smallest absolute Gasteiger partial charge is 0.240 e. The molecule has 0 saturated carbocycles. The van der Waals surface area contributed by atoms with Gasteiger partial charge in [-0.05, 0) is 67.5 Å². The van der Waals surface area contributed by atoms with Crippen molar-refractivity contribution < 1.29 is 0 Å². The molecule has 14 aromatic rings. The van der Waals surface area contributed by atoms with Crippen LogP contribution in [0.25, 0.3) is 66.9 Å². The van der Waals surface area contributed by atoms with Gasteiger partial charge in [0.15, 0.2) is 5.82 Å². The van der Waals surface area contributed by atoms with Crippen molar-refractivity contribution in [2.75, 3.05) is 0 Å². The zero-order chi connectivity index (χ0) is 50.5. The van der Waals surface area contributed by atoms with E-state index in [0.717, 1.165) is 59.8 Å². The summed E-state index contributed by atoms with van der Waals surface area (Å²) in [6, 6.07) is 105. The molecule has 0 fully saturated rings. The number of aromatic nitrogens is 6. The second-order valence-corrected chi connectivity index (χ2v) is 26.8. The average Bonchev–Trinajstić information content (AvgIpc) is 4.06. The highest BCUT2D eigenvalue weighted by Gasteiger charge is 2.47. The molecule has 0 saturated heterocycles. The van der Waals surface area contributed by atoms with Gasteiger partial charge in [0.05, 0.1) is 22.1 Å². The summed E-state index contributed by atoms with van der Waals surface area (Å²) in [6.07, 6.45) is 0. The summed E-state index contributed by atoms with van der Waals surface area (Å²) in [6.45, 7) is 0. The summed E-state index contributed by atoms with van der Waals surface area (Å²) in [5.74, 6) is 1.59. The topological polar surface area (TPSA) is 61.4 Å². The number of rotatable bonds is 11. The van der Waals surface area contributed by atoms with E-state index < -0.39 is 16.1 Å². The molecule has 0 aliphatic carbocycles. The quantitative estimate of drug-likeness (QED) is 0.0957. The summed E-state index contributed by atoms with van der Waals surface area (Å²) in [7, 11) is -6.65. The van der Waals surface area contributed by atoms with E-state index in [9.17, 15) is 0 Å². The van der Waals surface area contributed by atoms with Gasteiger partial charge in [0.2, 0.25) is 28.0 Å². The third-order valence-electron chi connectivity index (χ3n) is 15.3. The van der Waals surface area contributed by atoms with E-state index >= 15 is 0 Å². The summed E-state index contributed by atoms with van der Waals surface area (Å²) < 4.78 is 4.42. The first kappa shape index (κ1) is 45.0. The van der Waals surface area contributed by atoms with Crippen molar-refractivity contribution in [1.29, 1.82) is 0 Å². The minimum absolute atomic E-state index is 0.523. The molecule has 0 unspecified atom stereocenters. The van der Waals surface area contributed by atoms with Crippen LogP contribution in [0.1, 0.15) is 0 Å². The molecule has 0 bridgehead atoms. The highest BCUT2D eigenvalue weighted by molar-refractivity contribution is 7.21. The Balaban J connectivity index is 1.18. The second kappa shape index (κ2) is 18.7. The van der Waals surface area contributed by atoms with Crippen LogP contribution in [-0.4, -0.2) is 45.2 Å². The van der Waals surface area contributed by atoms with Crippen molar-refractivity contribution in [1.82, 2.24) is 29.1 Å². The van der Waals surface area contributed by atoms with Crippen molar-refractivity contribution in [2.45, 2.75) is 0 Å². The molecule has 14 rings (SSSR count). The van der Waals surface area contributed by atoms with Crippen molar-refractivity contribution in [3.05, 3.63) is 291 Å². The second-order valence-electron chi connectivity index (χ2n) is 19.3. The lowest BCUT2D eigenvalue weighted by atomic mass is 10.2. The van der Waals surface area contributed by atoms with Gasteiger partial charge in [0, 0.05) is 37.7 Å². The van der Waals surface area contributed by atoms with Gasteiger partial charge < -0.3 is 0 Å². The maximum absolute atomic E-state index is 6.31. The zero-order valence-corrected chi connectivity index (χ0v) is 43.4. The number of pyridine rings is 1. The monoisotopic (exact) mass is 1000 g/mol. The Kier molecular flexibility index (Phi) is 11.1. The Morgan fingerprint density at radius 1 is 0.237 bits per heavy atom. The van der Waals surface area contributed by atoms with Gasteiger partial charge in [0.1, 0.15) is 0 Å². The fraction of sp³-hybridized carbons (Fsp3) is 0. The minimum Gasteiger partial charge on any atom is -0.278 e. The molecule has 6 nitrogen and oxygen atoms in total. The van der Waals surface area contributed by atoms with Crippen LogP contribution in [0, 0.1) is 0 Å². The molecular weight excluding hydrogens is 957 g/mol. The van der Waals surface area contributed by atoms with Gasteiger partial charge in [-0.3, -0.25) is 14.1 Å². The molecule has 0 aliphatic rings. The van der Waals surface area contributed by atoms with Crippen LogP contribution in [0.2, 0.25) is 0 Å². The fourth-order valence-corrected chi connectivity index (χ4v) is 21.4. The summed E-state index contributed by atoms with van der Waals surface area (Å²) in [4.78, 5) is 23.3. The van der Waals surface area contributed by atoms with Crippen molar-refractivity contribution in [2.24, 2.45) is 0 Å². The Morgan fingerprint density at radius 3 is 0.737 bits per heavy atom. The lowest BCUT2D eigenvalue weighted by Gasteiger charge is -2.37. The van der Waals surface area contributed by atoms with E-state index in [0.29, 0.717) is 17.7 Å². The van der Waals surface area contributed by atoms with Crippen LogP contribution in [0.15, 0.2) is 291 Å². The molecular formula is C68H48N6Si2. The molecule has 0 N–H and O–H groups in total. The van der Waals surface area contributed by atoms with Gasteiger partial charge in [-0.15, -0.1) is 0 Å². The van der Waals surface area contributed by atoms with Crippen LogP contribution in [0.3, 0.4) is 0 Å². The number of para-hydroxylation sites is 4. The van der Waals surface area contributed by atoms with Gasteiger partial charge in [-0.25, -0.2) is 0 Å². The number of benzene rings is 10. The van der Waals surface area contributed by atoms with E-state index in [2.05, 4.69) is 300 Å². The standard InChI is InChI=1S/C68H48N6Si2/c1-7-27-50(28-8-1)75(51-29-9-2-10-30-51,52-31-11-3-12-32-52)64-47-49(48-65(69-64)76(53-33-13-4-14-34-53,54-35-15-5-16-36-54)55-37-17-6-18-38-55)66-70-67(73-60-43-23-19-39-56(60)57-40-20-24-44-61(57)73)72-68(71-66)74-62-45-25-21-41-58(62)59-42-22-26-46-63(59)74/h1-48H. The first-order chi connectivity index (χ1) is 37.7. The first-order valence-electron chi connectivity index (χ1n) is 25.8. The summed E-state index contributed by atoms with van der Waals surface area (Å²) in [5.41, 5.74) is 4.90. The molecule has 0 atom stereocenters. The normalized spacial score (nSPS) is 11.9. The number of hydrogen-bond acceptors (Lipinski definition) is 4. The molecule has 0 spiro atoms. The fourth-order valence-electron chi connectivity index (χ4n) is 12.0. The lowest BCUT2D eigenvalue weighted by molar-refractivity contribution is 0.893. The molecule has 0 amide bonds. The van der Waals surface area contributed by atoms with Gasteiger partial charge in [-0.2, -0.15) is 15.0 Å². The Hall–Kier alpha value is -9.61. The van der Waals surface area contributed by atoms with E-state index in [-0.39, 0.29) is 0 Å². The Labute approximate surface area is 442 Å². The van der Waals surface area contributed by atoms with Crippen molar-refractivity contribution >= 4 is 102 Å². The van der Waals surface area contributed by atoms with E-state index in [1.807, 2.05) is 0 Å². The van der Waals surface area contributed by atoms with Crippen molar-refractivity contribution in [3.63, 3.8) is 0 Å². The number of hydrogen-bond donors (Lipinski definition) is 0. The third kappa shape index (κ3) is 7.14. The third-order valence-corrected chi connectivity index (χ3v) is 24.5. The van der Waals surface area contributed by atoms with Gasteiger partial charge >= 0.3 is 0 Å². The molecule has 76 heavy (non-hydrogen) atoms. The molecule has 4 heterocycles. The largest absolute Gasteiger partial charge is 0.278 e. The Bertz CT molecular complexity index is 3820. The van der Waals surface area contributed by atoms with Crippen molar-refractivity contribution in [3.8, 4) is 23.3 Å².